The number of anilines is 1. The highest BCUT2D eigenvalue weighted by Crippen LogP contribution is 2.34. The lowest BCUT2D eigenvalue weighted by Gasteiger charge is -2.34. The molecule has 1 aliphatic heterocycles. The van der Waals surface area contributed by atoms with E-state index in [9.17, 15) is 23.2 Å². The molecule has 3 N–H and O–H groups in total. The minimum Gasteiger partial charge on any atom is -0.378 e. The maximum Gasteiger partial charge on any atom is 0.248 e. The Morgan fingerprint density at radius 3 is 2.38 bits per heavy atom. The van der Waals surface area contributed by atoms with Crippen LogP contribution in [0.2, 0.25) is 0 Å². The van der Waals surface area contributed by atoms with E-state index >= 15 is 0 Å². The first kappa shape index (κ1) is 29.3. The second-order valence-corrected chi connectivity index (χ2v) is 12.7. The number of nitrogens with zero attached hydrogens (tertiary/aromatic N) is 2. The van der Waals surface area contributed by atoms with Crippen molar-refractivity contribution in [3.05, 3.63) is 36.4 Å². The van der Waals surface area contributed by atoms with Crippen molar-refractivity contribution < 1.29 is 28.0 Å². The van der Waals surface area contributed by atoms with E-state index in [1.807, 2.05) is 37.2 Å². The number of carbonyl (C=O) groups excluding carboxylic acids is 2. The van der Waals surface area contributed by atoms with E-state index in [1.54, 1.807) is 28.6 Å². The Hall–Kier alpha value is -2.73. The molecule has 2 amide bonds. The maximum absolute atomic E-state index is 13.6. The van der Waals surface area contributed by atoms with E-state index in [-0.39, 0.29) is 17.3 Å². The van der Waals surface area contributed by atoms with Gasteiger partial charge in [0.05, 0.1) is 29.9 Å². The summed E-state index contributed by atoms with van der Waals surface area (Å²) in [5.41, 5.74) is 2.63. The molecule has 2 fully saturated rings. The van der Waals surface area contributed by atoms with Gasteiger partial charge in [0.25, 0.3) is 0 Å². The first-order valence-electron chi connectivity index (χ1n) is 13.7. The molecular weight excluding hydrogens is 520 g/mol. The Labute approximate surface area is 230 Å². The van der Waals surface area contributed by atoms with Gasteiger partial charge in [0, 0.05) is 50.2 Å². The molecule has 0 aromatic heterocycles. The molecule has 2 aromatic rings. The molecule has 11 heteroatoms. The number of rotatable bonds is 11. The summed E-state index contributed by atoms with van der Waals surface area (Å²) in [7, 11) is 0.0317. The smallest absolute Gasteiger partial charge is 0.248 e. The van der Waals surface area contributed by atoms with Gasteiger partial charge in [0.15, 0.2) is 9.84 Å². The van der Waals surface area contributed by atoms with Crippen LogP contribution in [-0.4, -0.2) is 83.2 Å². The third kappa shape index (κ3) is 6.89. The Kier molecular flexibility index (Phi) is 9.81. The van der Waals surface area contributed by atoms with Crippen LogP contribution in [0.1, 0.15) is 32.1 Å². The molecule has 2 atom stereocenters. The van der Waals surface area contributed by atoms with Crippen molar-refractivity contribution in [2.75, 3.05) is 57.7 Å². The van der Waals surface area contributed by atoms with Crippen LogP contribution in [0.3, 0.4) is 0 Å². The number of fused-ring (bicyclic) bond motifs is 1. The normalized spacial score (nSPS) is 18.2. The van der Waals surface area contributed by atoms with Crippen molar-refractivity contribution in [2.45, 2.75) is 37.0 Å². The minimum atomic E-state index is -3.78. The van der Waals surface area contributed by atoms with Crippen LogP contribution in [0.25, 0.3) is 10.8 Å². The summed E-state index contributed by atoms with van der Waals surface area (Å²) < 4.78 is 32.3. The number of hydroxylamine groups is 1. The number of morpholine rings is 1. The van der Waals surface area contributed by atoms with Gasteiger partial charge < -0.3 is 19.9 Å². The third-order valence-electron chi connectivity index (χ3n) is 7.97. The molecular formula is C28H40N4O6S. The van der Waals surface area contributed by atoms with Gasteiger partial charge >= 0.3 is 0 Å². The molecule has 0 bridgehead atoms. The molecule has 39 heavy (non-hydrogen) atoms. The fourth-order valence-corrected chi connectivity index (χ4v) is 7.25. The zero-order valence-electron chi connectivity index (χ0n) is 22.8. The number of amides is 2. The number of benzene rings is 2. The third-order valence-corrected chi connectivity index (χ3v) is 9.58. The van der Waals surface area contributed by atoms with Crippen molar-refractivity contribution in [2.24, 2.45) is 17.8 Å². The van der Waals surface area contributed by atoms with Crippen molar-refractivity contribution in [3.63, 3.8) is 0 Å². The fourth-order valence-electron chi connectivity index (χ4n) is 5.91. The summed E-state index contributed by atoms with van der Waals surface area (Å²) in [6.45, 7) is 1.72. The highest BCUT2D eigenvalue weighted by atomic mass is 32.2. The van der Waals surface area contributed by atoms with Gasteiger partial charge in [-0.1, -0.05) is 49.9 Å². The Morgan fingerprint density at radius 1 is 1.05 bits per heavy atom. The summed E-state index contributed by atoms with van der Waals surface area (Å²) in [5, 5.41) is 13.9. The summed E-state index contributed by atoms with van der Waals surface area (Å²) in [6, 6.07) is 10.8. The zero-order valence-corrected chi connectivity index (χ0v) is 23.6. The molecule has 4 rings (SSSR count). The van der Waals surface area contributed by atoms with Crippen molar-refractivity contribution in [1.82, 2.24) is 15.7 Å². The molecule has 2 unspecified atom stereocenters. The number of carbonyl (C=O) groups is 2. The van der Waals surface area contributed by atoms with Crippen molar-refractivity contribution >= 4 is 38.1 Å². The van der Waals surface area contributed by atoms with E-state index in [1.165, 1.54) is 0 Å². The number of hydrogen-bond donors (Lipinski definition) is 3. The van der Waals surface area contributed by atoms with Gasteiger partial charge in [-0.2, -0.15) is 0 Å². The quantitative estimate of drug-likeness (QED) is 0.282. The predicted octanol–water partition coefficient (Wildman–Crippen LogP) is 2.40. The monoisotopic (exact) mass is 560 g/mol. The van der Waals surface area contributed by atoms with Gasteiger partial charge in [-0.3, -0.25) is 14.8 Å². The molecule has 1 saturated heterocycles. The van der Waals surface area contributed by atoms with Crippen molar-refractivity contribution in [3.8, 4) is 0 Å². The summed E-state index contributed by atoms with van der Waals surface area (Å²) in [4.78, 5) is 30.3. The Balaban J connectivity index is 1.54. The molecule has 0 spiro atoms. The summed E-state index contributed by atoms with van der Waals surface area (Å²) >= 11 is 0. The average molecular weight is 561 g/mol. The number of hydrogen-bond acceptors (Lipinski definition) is 8. The molecule has 1 aliphatic carbocycles. The fraction of sp³-hybridized carbons (Fsp3) is 0.571. The number of ether oxygens (including phenoxy) is 1. The summed E-state index contributed by atoms with van der Waals surface area (Å²) in [6.07, 6.45) is 4.71. The van der Waals surface area contributed by atoms with E-state index in [0.717, 1.165) is 36.8 Å². The Morgan fingerprint density at radius 2 is 1.72 bits per heavy atom. The highest BCUT2D eigenvalue weighted by molar-refractivity contribution is 7.91. The lowest BCUT2D eigenvalue weighted by atomic mass is 9.82. The molecule has 1 heterocycles. The van der Waals surface area contributed by atoms with Crippen LogP contribution in [0.5, 0.6) is 0 Å². The molecule has 1 saturated carbocycles. The van der Waals surface area contributed by atoms with Crippen molar-refractivity contribution in [1.29, 1.82) is 0 Å². The van der Waals surface area contributed by atoms with E-state index in [2.05, 4.69) is 5.32 Å². The largest absolute Gasteiger partial charge is 0.378 e. The van der Waals surface area contributed by atoms with Gasteiger partial charge in [0.2, 0.25) is 11.8 Å². The van der Waals surface area contributed by atoms with E-state index < -0.39 is 33.5 Å². The number of sulfone groups is 1. The van der Waals surface area contributed by atoms with Crippen LogP contribution in [0.4, 0.5) is 5.69 Å². The molecule has 0 radical (unpaired) electrons. The SMILES string of the molecule is CN(C)c1cccc2c(S(=O)(=O)CNCC(C(=O)NO)C(CC3CCCC3)C(=O)N3CCOCC3)cccc12. The summed E-state index contributed by atoms with van der Waals surface area (Å²) in [5.74, 6) is -2.52. The highest BCUT2D eigenvalue weighted by Gasteiger charge is 2.38. The molecule has 214 valence electrons. The van der Waals surface area contributed by atoms with E-state index in [0.29, 0.717) is 44.0 Å². The second kappa shape index (κ2) is 13.1. The maximum atomic E-state index is 13.6. The van der Waals surface area contributed by atoms with Crippen LogP contribution in [0, 0.1) is 17.8 Å². The first-order chi connectivity index (χ1) is 18.7. The first-order valence-corrected chi connectivity index (χ1v) is 15.3. The predicted molar refractivity (Wildman–Crippen MR) is 149 cm³/mol. The molecule has 2 aliphatic rings. The second-order valence-electron chi connectivity index (χ2n) is 10.7. The topological polar surface area (TPSA) is 128 Å². The van der Waals surface area contributed by atoms with Gasteiger partial charge in [-0.05, 0) is 24.5 Å². The van der Waals surface area contributed by atoms with Gasteiger partial charge in [0.1, 0.15) is 5.88 Å². The lowest BCUT2D eigenvalue weighted by Crippen LogP contribution is -2.50. The van der Waals surface area contributed by atoms with Crippen LogP contribution < -0.4 is 15.7 Å². The number of nitrogens with one attached hydrogen (secondary N) is 2. The van der Waals surface area contributed by atoms with Crippen LogP contribution in [-0.2, 0) is 24.2 Å². The molecule has 2 aromatic carbocycles. The lowest BCUT2D eigenvalue weighted by molar-refractivity contribution is -0.148. The van der Waals surface area contributed by atoms with Gasteiger partial charge in [-0.25, -0.2) is 13.9 Å². The van der Waals surface area contributed by atoms with Gasteiger partial charge in [-0.15, -0.1) is 0 Å². The van der Waals surface area contributed by atoms with E-state index in [4.69, 9.17) is 4.74 Å². The zero-order chi connectivity index (χ0) is 28.0. The molecule has 10 nitrogen and oxygen atoms in total. The Bertz CT molecular complexity index is 1260. The average Bonchev–Trinajstić information content (AvgIpc) is 3.46. The minimum absolute atomic E-state index is 0.0627. The van der Waals surface area contributed by atoms with Crippen LogP contribution >= 0.6 is 0 Å². The standard InChI is InChI=1S/C28H40N4O6S/c1-31(2)25-11-5-10-22-21(25)9-6-12-26(22)39(36,37)19-29-18-24(27(33)30-35)23(17-20-7-3-4-8-20)28(34)32-13-15-38-16-14-32/h5-6,9-12,20,23-24,29,35H,3-4,7-8,13-19H2,1-2H3,(H,30,33). The van der Waals surface area contributed by atoms with Crippen LogP contribution in [0.15, 0.2) is 41.3 Å².